The van der Waals surface area contributed by atoms with Crippen molar-refractivity contribution in [1.82, 2.24) is 9.88 Å². The summed E-state index contributed by atoms with van der Waals surface area (Å²) in [4.78, 5) is 22.5. The molecular formula is C31H34N6O3S. The Morgan fingerprint density at radius 1 is 0.902 bits per heavy atom. The first-order chi connectivity index (χ1) is 19.8. The van der Waals surface area contributed by atoms with E-state index < -0.39 is 10.0 Å². The van der Waals surface area contributed by atoms with E-state index in [1.54, 1.807) is 48.7 Å². The van der Waals surface area contributed by atoms with Crippen molar-refractivity contribution in [2.45, 2.75) is 11.4 Å². The van der Waals surface area contributed by atoms with Crippen molar-refractivity contribution in [3.8, 4) is 0 Å². The van der Waals surface area contributed by atoms with Gasteiger partial charge in [-0.05, 0) is 55.6 Å². The number of benzene rings is 3. The minimum absolute atomic E-state index is 0.0101. The van der Waals surface area contributed by atoms with Gasteiger partial charge in [0.25, 0.3) is 15.9 Å². The van der Waals surface area contributed by atoms with Crippen molar-refractivity contribution in [1.29, 1.82) is 0 Å². The maximum atomic E-state index is 14.1. The Balaban J connectivity index is 1.63. The van der Waals surface area contributed by atoms with E-state index in [-0.39, 0.29) is 10.8 Å². The van der Waals surface area contributed by atoms with E-state index in [2.05, 4.69) is 32.5 Å². The van der Waals surface area contributed by atoms with Crippen molar-refractivity contribution in [3.05, 3.63) is 108 Å². The number of pyridine rings is 1. The van der Waals surface area contributed by atoms with Gasteiger partial charge in [0.15, 0.2) is 0 Å². The number of nitrogens with one attached hydrogen (secondary N) is 2. The molecule has 1 fully saturated rings. The fourth-order valence-electron chi connectivity index (χ4n) is 4.74. The summed E-state index contributed by atoms with van der Waals surface area (Å²) in [6.07, 6.45) is 1.70. The van der Waals surface area contributed by atoms with E-state index in [9.17, 15) is 13.2 Å². The highest BCUT2D eigenvalue weighted by Gasteiger charge is 2.30. The maximum absolute atomic E-state index is 14.1. The van der Waals surface area contributed by atoms with Gasteiger partial charge in [-0.25, -0.2) is 8.42 Å². The van der Waals surface area contributed by atoms with Crippen LogP contribution in [0.25, 0.3) is 0 Å². The number of hydrogen-bond acceptors (Lipinski definition) is 7. The van der Waals surface area contributed by atoms with Crippen LogP contribution in [0.2, 0.25) is 0 Å². The van der Waals surface area contributed by atoms with Gasteiger partial charge >= 0.3 is 0 Å². The van der Waals surface area contributed by atoms with Crippen LogP contribution < -0.4 is 19.8 Å². The molecule has 1 aliphatic rings. The summed E-state index contributed by atoms with van der Waals surface area (Å²) in [5.74, 6) is -0.375. The number of nitrogens with zero attached hydrogens (tertiary/aromatic N) is 4. The molecule has 1 amide bonds. The van der Waals surface area contributed by atoms with Crippen molar-refractivity contribution in [2.75, 3.05) is 60.1 Å². The maximum Gasteiger partial charge on any atom is 0.266 e. The van der Waals surface area contributed by atoms with E-state index in [0.29, 0.717) is 47.9 Å². The molecule has 1 aromatic heterocycles. The first-order valence-corrected chi connectivity index (χ1v) is 14.9. The number of carbonyl (C=O) groups excluding carboxylic acids is 1. The largest absolute Gasteiger partial charge is 0.378 e. The summed E-state index contributed by atoms with van der Waals surface area (Å²) in [5.41, 5.74) is 3.28. The van der Waals surface area contributed by atoms with Crippen LogP contribution in [-0.4, -0.2) is 64.5 Å². The standard InChI is InChI=1S/C31H34N6O3S/c1-35-17-19-37(20-18-35)29-22-28(33-23-25-13-9-10-16-32-25)30(41(39,40)36(2)26-14-7-4-8-15-26)21-27(29)31(38)34-24-11-5-3-6-12-24/h3-16,21-22,33H,17-20,23H2,1-2H3,(H,34,38). The van der Waals surface area contributed by atoms with Crippen molar-refractivity contribution in [3.63, 3.8) is 0 Å². The Bertz CT molecular complexity index is 1580. The molecule has 2 heterocycles. The van der Waals surface area contributed by atoms with Crippen LogP contribution >= 0.6 is 0 Å². The van der Waals surface area contributed by atoms with Gasteiger partial charge in [-0.15, -0.1) is 0 Å². The molecule has 1 saturated heterocycles. The Hall–Kier alpha value is -4.41. The molecule has 0 aliphatic carbocycles. The lowest BCUT2D eigenvalue weighted by molar-refractivity contribution is 0.102. The van der Waals surface area contributed by atoms with Crippen LogP contribution in [-0.2, 0) is 16.6 Å². The summed E-state index contributed by atoms with van der Waals surface area (Å²) in [6.45, 7) is 3.38. The lowest BCUT2D eigenvalue weighted by Crippen LogP contribution is -2.45. The van der Waals surface area contributed by atoms with Crippen LogP contribution in [0.4, 0.5) is 22.7 Å². The first kappa shape index (κ1) is 28.1. The fraction of sp³-hybridized carbons (Fsp3) is 0.226. The van der Waals surface area contributed by atoms with Crippen LogP contribution in [0.1, 0.15) is 16.1 Å². The molecule has 5 rings (SSSR count). The zero-order chi connectivity index (χ0) is 28.8. The molecule has 0 spiro atoms. The minimum atomic E-state index is -4.07. The summed E-state index contributed by atoms with van der Waals surface area (Å²) in [6, 6.07) is 26.9. The molecule has 0 bridgehead atoms. The van der Waals surface area contributed by atoms with E-state index in [1.807, 2.05) is 42.5 Å². The van der Waals surface area contributed by atoms with Crippen LogP contribution in [0, 0.1) is 0 Å². The minimum Gasteiger partial charge on any atom is -0.378 e. The van der Waals surface area contributed by atoms with Gasteiger partial charge in [-0.3, -0.25) is 14.1 Å². The Kier molecular flexibility index (Phi) is 8.51. The second kappa shape index (κ2) is 12.4. The van der Waals surface area contributed by atoms with Crippen LogP contribution in [0.5, 0.6) is 0 Å². The van der Waals surface area contributed by atoms with E-state index in [4.69, 9.17) is 0 Å². The molecule has 0 unspecified atom stereocenters. The van der Waals surface area contributed by atoms with Gasteiger partial charge in [0, 0.05) is 45.1 Å². The number of piperazine rings is 1. The zero-order valence-electron chi connectivity index (χ0n) is 23.2. The molecule has 41 heavy (non-hydrogen) atoms. The van der Waals surface area contributed by atoms with Crippen molar-refractivity contribution >= 4 is 38.7 Å². The summed E-state index contributed by atoms with van der Waals surface area (Å²) in [5, 5.41) is 6.26. The molecule has 10 heteroatoms. The third kappa shape index (κ3) is 6.50. The Labute approximate surface area is 241 Å². The summed E-state index contributed by atoms with van der Waals surface area (Å²) < 4.78 is 29.5. The Morgan fingerprint density at radius 2 is 1.56 bits per heavy atom. The smallest absolute Gasteiger partial charge is 0.266 e. The molecule has 4 aromatic rings. The molecule has 3 aromatic carbocycles. The number of carbonyl (C=O) groups is 1. The normalized spacial score (nSPS) is 14.0. The number of rotatable bonds is 9. The summed E-state index contributed by atoms with van der Waals surface area (Å²) in [7, 11) is -0.485. The van der Waals surface area contributed by atoms with Crippen LogP contribution in [0.3, 0.4) is 0 Å². The van der Waals surface area contributed by atoms with E-state index in [1.165, 1.54) is 17.4 Å². The monoisotopic (exact) mass is 570 g/mol. The molecule has 212 valence electrons. The second-order valence-corrected chi connectivity index (χ2v) is 11.9. The molecule has 1 aliphatic heterocycles. The highest BCUT2D eigenvalue weighted by molar-refractivity contribution is 7.93. The number of amides is 1. The molecule has 9 nitrogen and oxygen atoms in total. The Morgan fingerprint density at radius 3 is 2.22 bits per heavy atom. The lowest BCUT2D eigenvalue weighted by atomic mass is 10.1. The molecule has 2 N–H and O–H groups in total. The van der Waals surface area contributed by atoms with Gasteiger partial charge in [0.2, 0.25) is 0 Å². The highest BCUT2D eigenvalue weighted by atomic mass is 32.2. The predicted octanol–water partition coefficient (Wildman–Crippen LogP) is 4.52. The average Bonchev–Trinajstić information content (AvgIpc) is 3.01. The fourth-order valence-corrected chi connectivity index (χ4v) is 6.11. The number of aromatic nitrogens is 1. The SMILES string of the molecule is CN1CCN(c2cc(NCc3ccccn3)c(S(=O)(=O)N(C)c3ccccc3)cc2C(=O)Nc2ccccc2)CC1. The number of hydrogen-bond donors (Lipinski definition) is 2. The number of para-hydroxylation sites is 2. The predicted molar refractivity (Wildman–Crippen MR) is 164 cm³/mol. The highest BCUT2D eigenvalue weighted by Crippen LogP contribution is 2.35. The lowest BCUT2D eigenvalue weighted by Gasteiger charge is -2.35. The number of likely N-dealkylation sites (N-methyl/N-ethyl adjacent to an activating group) is 1. The second-order valence-electron chi connectivity index (χ2n) is 9.96. The molecule has 0 radical (unpaired) electrons. The van der Waals surface area contributed by atoms with E-state index >= 15 is 0 Å². The van der Waals surface area contributed by atoms with Crippen molar-refractivity contribution < 1.29 is 13.2 Å². The quantitative estimate of drug-likeness (QED) is 0.305. The first-order valence-electron chi connectivity index (χ1n) is 13.5. The van der Waals surface area contributed by atoms with Crippen molar-refractivity contribution in [2.24, 2.45) is 0 Å². The van der Waals surface area contributed by atoms with Gasteiger partial charge in [0.1, 0.15) is 4.90 Å². The van der Waals surface area contributed by atoms with E-state index in [0.717, 1.165) is 18.8 Å². The third-order valence-electron chi connectivity index (χ3n) is 7.16. The van der Waals surface area contributed by atoms with Gasteiger partial charge in [-0.2, -0.15) is 0 Å². The topological polar surface area (TPSA) is 97.9 Å². The van der Waals surface area contributed by atoms with Gasteiger partial charge in [0.05, 0.1) is 34.9 Å². The van der Waals surface area contributed by atoms with Gasteiger partial charge < -0.3 is 20.4 Å². The average molecular weight is 571 g/mol. The van der Waals surface area contributed by atoms with Gasteiger partial charge in [-0.1, -0.05) is 42.5 Å². The molecular weight excluding hydrogens is 536 g/mol. The molecule has 0 atom stereocenters. The third-order valence-corrected chi connectivity index (χ3v) is 8.99. The number of sulfonamides is 1. The number of anilines is 4. The summed E-state index contributed by atoms with van der Waals surface area (Å²) >= 11 is 0. The van der Waals surface area contributed by atoms with Crippen LogP contribution in [0.15, 0.2) is 102 Å². The molecule has 0 saturated carbocycles. The zero-order valence-corrected chi connectivity index (χ0v) is 24.0.